The second kappa shape index (κ2) is 5.18. The zero-order valence-corrected chi connectivity index (χ0v) is 11.6. The molecule has 1 atom stereocenters. The highest BCUT2D eigenvalue weighted by Crippen LogP contribution is 2.19. The largest absolute Gasteiger partial charge is 0.342 e. The summed E-state index contributed by atoms with van der Waals surface area (Å²) in [4.78, 5) is 4.72. The lowest BCUT2D eigenvalue weighted by molar-refractivity contribution is 0.270. The van der Waals surface area contributed by atoms with Crippen LogP contribution in [0.2, 0.25) is 0 Å². The van der Waals surface area contributed by atoms with Crippen LogP contribution in [0.1, 0.15) is 19.8 Å². The van der Waals surface area contributed by atoms with Crippen LogP contribution >= 0.6 is 12.2 Å². The van der Waals surface area contributed by atoms with Gasteiger partial charge in [-0.2, -0.15) is 0 Å². The number of rotatable bonds is 4. The van der Waals surface area contributed by atoms with Crippen molar-refractivity contribution in [3.8, 4) is 0 Å². The number of hydrogen-bond acceptors (Lipinski definition) is 4. The fraction of sp³-hybridized carbons (Fsp3) is 0.818. The van der Waals surface area contributed by atoms with E-state index in [9.17, 15) is 0 Å². The number of aromatic amines is 1. The molecule has 1 aromatic rings. The molecule has 1 fully saturated rings. The van der Waals surface area contributed by atoms with E-state index in [1.165, 1.54) is 19.4 Å². The van der Waals surface area contributed by atoms with E-state index in [1.807, 2.05) is 11.6 Å². The van der Waals surface area contributed by atoms with Crippen molar-refractivity contribution >= 4 is 18.2 Å². The highest BCUT2D eigenvalue weighted by molar-refractivity contribution is 7.71. The van der Waals surface area contributed by atoms with Crippen molar-refractivity contribution in [1.82, 2.24) is 19.7 Å². The molecule has 0 bridgehead atoms. The average Bonchev–Trinajstić information content (AvgIpc) is 2.87. The number of nitrogens with one attached hydrogen (secondary N) is 1. The van der Waals surface area contributed by atoms with Crippen molar-refractivity contribution in [2.45, 2.75) is 25.8 Å². The Bertz CT molecular complexity index is 424. The molecule has 6 heteroatoms. The number of likely N-dealkylation sites (tertiary alicyclic amines) is 1. The molecule has 0 radical (unpaired) electrons. The van der Waals surface area contributed by atoms with Crippen LogP contribution < -0.4 is 4.90 Å². The summed E-state index contributed by atoms with van der Waals surface area (Å²) < 4.78 is 2.59. The molecule has 1 N–H and O–H groups in total. The van der Waals surface area contributed by atoms with E-state index >= 15 is 0 Å². The quantitative estimate of drug-likeness (QED) is 0.826. The van der Waals surface area contributed by atoms with E-state index in [0.717, 1.165) is 19.0 Å². The third-order valence-electron chi connectivity index (χ3n) is 3.59. The lowest BCUT2D eigenvalue weighted by atomic mass is 10.2. The van der Waals surface area contributed by atoms with E-state index in [1.54, 1.807) is 0 Å². The zero-order valence-electron chi connectivity index (χ0n) is 10.8. The molecule has 1 saturated heterocycles. The summed E-state index contributed by atoms with van der Waals surface area (Å²) in [5.41, 5.74) is 0. The highest BCUT2D eigenvalue weighted by atomic mass is 32.1. The standard InChI is InChI=1S/C11H21N5S/c1-4-16-7-5-6-9(16)8-14(2)10-12-13-11(17)15(10)3/h9H,4-8H2,1-3H3,(H,13,17). The highest BCUT2D eigenvalue weighted by Gasteiger charge is 2.25. The van der Waals surface area contributed by atoms with E-state index in [4.69, 9.17) is 12.2 Å². The van der Waals surface area contributed by atoms with Crippen LogP contribution in [0.5, 0.6) is 0 Å². The number of aromatic nitrogens is 3. The van der Waals surface area contributed by atoms with Crippen LogP contribution in [0, 0.1) is 4.77 Å². The molecule has 0 spiro atoms. The number of nitrogens with zero attached hydrogens (tertiary/aromatic N) is 4. The summed E-state index contributed by atoms with van der Waals surface area (Å²) in [5.74, 6) is 0.915. The molecule has 5 nitrogen and oxygen atoms in total. The van der Waals surface area contributed by atoms with Gasteiger partial charge < -0.3 is 4.90 Å². The summed E-state index contributed by atoms with van der Waals surface area (Å²) in [6.45, 7) is 5.61. The molecule has 1 aliphatic heterocycles. The Morgan fingerprint density at radius 3 is 2.94 bits per heavy atom. The normalized spacial score (nSPS) is 21.0. The first-order chi connectivity index (χ1) is 8.13. The summed E-state index contributed by atoms with van der Waals surface area (Å²) in [7, 11) is 4.03. The topological polar surface area (TPSA) is 40.1 Å². The summed E-state index contributed by atoms with van der Waals surface area (Å²) >= 11 is 5.13. The first-order valence-corrected chi connectivity index (χ1v) is 6.61. The first-order valence-electron chi connectivity index (χ1n) is 6.20. The predicted molar refractivity (Wildman–Crippen MR) is 71.9 cm³/mol. The van der Waals surface area contributed by atoms with Gasteiger partial charge in [0.05, 0.1) is 0 Å². The van der Waals surface area contributed by atoms with Gasteiger partial charge in [-0.3, -0.25) is 9.47 Å². The first kappa shape index (κ1) is 12.6. The molecular weight excluding hydrogens is 234 g/mol. The molecule has 96 valence electrons. The van der Waals surface area contributed by atoms with Crippen molar-refractivity contribution in [2.75, 3.05) is 31.6 Å². The molecular formula is C11H21N5S. The Hall–Kier alpha value is -0.880. The number of H-pyrrole nitrogens is 1. The lowest BCUT2D eigenvalue weighted by Gasteiger charge is -2.27. The van der Waals surface area contributed by atoms with Crippen molar-refractivity contribution < 1.29 is 0 Å². The molecule has 1 aliphatic rings. The van der Waals surface area contributed by atoms with Gasteiger partial charge in [0.25, 0.3) is 0 Å². The van der Waals surface area contributed by atoms with Gasteiger partial charge in [-0.25, -0.2) is 5.10 Å². The second-order valence-corrected chi connectivity index (χ2v) is 5.08. The molecule has 2 heterocycles. The van der Waals surface area contributed by atoms with Crippen LogP contribution in [-0.2, 0) is 7.05 Å². The maximum atomic E-state index is 5.13. The molecule has 2 rings (SSSR count). The van der Waals surface area contributed by atoms with Gasteiger partial charge >= 0.3 is 0 Å². The van der Waals surface area contributed by atoms with Gasteiger partial charge in [0, 0.05) is 26.7 Å². The molecule has 0 aliphatic carbocycles. The maximum absolute atomic E-state index is 5.13. The van der Waals surface area contributed by atoms with Gasteiger partial charge in [0.15, 0.2) is 4.77 Å². The van der Waals surface area contributed by atoms with Gasteiger partial charge in [-0.1, -0.05) is 6.92 Å². The minimum atomic E-state index is 0.648. The van der Waals surface area contributed by atoms with E-state index in [2.05, 4.69) is 34.0 Å². The Morgan fingerprint density at radius 1 is 1.59 bits per heavy atom. The van der Waals surface area contributed by atoms with Gasteiger partial charge in [0.2, 0.25) is 5.95 Å². The molecule has 1 unspecified atom stereocenters. The van der Waals surface area contributed by atoms with Crippen molar-refractivity contribution in [3.05, 3.63) is 4.77 Å². The minimum Gasteiger partial charge on any atom is -0.342 e. The summed E-state index contributed by atoms with van der Waals surface area (Å²) in [5, 5.41) is 7.09. The van der Waals surface area contributed by atoms with Gasteiger partial charge in [-0.05, 0) is 38.1 Å². The zero-order chi connectivity index (χ0) is 12.4. The Kier molecular flexibility index (Phi) is 3.83. The fourth-order valence-electron chi connectivity index (χ4n) is 2.60. The molecule has 1 aromatic heterocycles. The Labute approximate surface area is 107 Å². The van der Waals surface area contributed by atoms with Crippen LogP contribution in [-0.4, -0.2) is 52.4 Å². The summed E-state index contributed by atoms with van der Waals surface area (Å²) in [6.07, 6.45) is 2.60. The number of anilines is 1. The van der Waals surface area contributed by atoms with Crippen LogP contribution in [0.4, 0.5) is 5.95 Å². The molecule has 0 aromatic carbocycles. The SMILES string of the molecule is CCN1CCCC1CN(C)c1n[nH]c(=S)n1C. The van der Waals surface area contributed by atoms with E-state index in [0.29, 0.717) is 10.8 Å². The third kappa shape index (κ3) is 2.52. The number of hydrogen-bond donors (Lipinski definition) is 1. The fourth-order valence-corrected chi connectivity index (χ4v) is 2.72. The van der Waals surface area contributed by atoms with Crippen LogP contribution in [0.3, 0.4) is 0 Å². The molecule has 0 amide bonds. The second-order valence-electron chi connectivity index (χ2n) is 4.69. The predicted octanol–water partition coefficient (Wildman–Crippen LogP) is 1.40. The van der Waals surface area contributed by atoms with E-state index in [-0.39, 0.29) is 0 Å². The molecule has 17 heavy (non-hydrogen) atoms. The van der Waals surface area contributed by atoms with Crippen molar-refractivity contribution in [1.29, 1.82) is 0 Å². The number of likely N-dealkylation sites (N-methyl/N-ethyl adjacent to an activating group) is 2. The Morgan fingerprint density at radius 2 is 2.35 bits per heavy atom. The van der Waals surface area contributed by atoms with Gasteiger partial charge in [0.1, 0.15) is 0 Å². The Balaban J connectivity index is 2.04. The van der Waals surface area contributed by atoms with Gasteiger partial charge in [-0.15, -0.1) is 5.10 Å². The molecule has 0 saturated carbocycles. The minimum absolute atomic E-state index is 0.648. The smallest absolute Gasteiger partial charge is 0.225 e. The van der Waals surface area contributed by atoms with Crippen LogP contribution in [0.25, 0.3) is 0 Å². The third-order valence-corrected chi connectivity index (χ3v) is 3.95. The average molecular weight is 255 g/mol. The van der Waals surface area contributed by atoms with Crippen molar-refractivity contribution in [3.63, 3.8) is 0 Å². The maximum Gasteiger partial charge on any atom is 0.225 e. The van der Waals surface area contributed by atoms with Crippen LogP contribution in [0.15, 0.2) is 0 Å². The van der Waals surface area contributed by atoms with E-state index < -0.39 is 0 Å². The monoisotopic (exact) mass is 255 g/mol. The summed E-state index contributed by atoms with van der Waals surface area (Å²) in [6, 6.07) is 0.648. The van der Waals surface area contributed by atoms with Crippen molar-refractivity contribution in [2.24, 2.45) is 7.05 Å². The lowest BCUT2D eigenvalue weighted by Crippen LogP contribution is -2.39.